The molecule has 1 aliphatic carbocycles. The van der Waals surface area contributed by atoms with Crippen LogP contribution in [0.4, 0.5) is 0 Å². The van der Waals surface area contributed by atoms with Crippen LogP contribution in [-0.2, 0) is 0 Å². The van der Waals surface area contributed by atoms with Crippen molar-refractivity contribution in [3.63, 3.8) is 0 Å². The third-order valence-corrected chi connectivity index (χ3v) is 7.09. The molecule has 1 saturated carbocycles. The maximum Gasteiger partial charge on any atom is 0.170 e. The van der Waals surface area contributed by atoms with Crippen molar-refractivity contribution in [1.82, 2.24) is 15.2 Å². The van der Waals surface area contributed by atoms with Gasteiger partial charge in [0.05, 0.1) is 16.8 Å². The lowest BCUT2D eigenvalue weighted by molar-refractivity contribution is 0.179. The number of hydrogen-bond acceptors (Lipinski definition) is 3. The van der Waals surface area contributed by atoms with E-state index in [2.05, 4.69) is 15.2 Å². The van der Waals surface area contributed by atoms with E-state index >= 15 is 0 Å². The van der Waals surface area contributed by atoms with Gasteiger partial charge in [0.15, 0.2) is 5.11 Å². The first-order chi connectivity index (χ1) is 15.1. The van der Waals surface area contributed by atoms with Crippen molar-refractivity contribution >= 4 is 40.5 Å². The Balaban J connectivity index is 1.55. The van der Waals surface area contributed by atoms with E-state index in [4.69, 9.17) is 39.8 Å². The molecule has 2 aromatic heterocycles. The van der Waals surface area contributed by atoms with Crippen molar-refractivity contribution in [2.45, 2.75) is 50.2 Å². The van der Waals surface area contributed by atoms with Crippen LogP contribution in [0.15, 0.2) is 59.1 Å². The Labute approximate surface area is 197 Å². The molecule has 2 atom stereocenters. The molecule has 3 aromatic rings. The van der Waals surface area contributed by atoms with Crippen LogP contribution in [0.25, 0.3) is 11.3 Å². The summed E-state index contributed by atoms with van der Waals surface area (Å²) in [6.07, 6.45) is 7.86. The first-order valence-corrected chi connectivity index (χ1v) is 11.8. The number of furan rings is 1. The van der Waals surface area contributed by atoms with Gasteiger partial charge in [-0.3, -0.25) is 4.98 Å². The summed E-state index contributed by atoms with van der Waals surface area (Å²) in [6, 6.07) is 15.7. The summed E-state index contributed by atoms with van der Waals surface area (Å²) >= 11 is 18.3. The van der Waals surface area contributed by atoms with Gasteiger partial charge in [-0.2, -0.15) is 0 Å². The molecule has 4 nitrogen and oxygen atoms in total. The van der Waals surface area contributed by atoms with Gasteiger partial charge in [-0.15, -0.1) is 0 Å². The van der Waals surface area contributed by atoms with Crippen molar-refractivity contribution in [2.75, 3.05) is 0 Å². The fourth-order valence-electron chi connectivity index (χ4n) is 4.77. The van der Waals surface area contributed by atoms with Crippen LogP contribution < -0.4 is 5.32 Å². The number of rotatable bonds is 4. The summed E-state index contributed by atoms with van der Waals surface area (Å²) in [6.45, 7) is 0. The van der Waals surface area contributed by atoms with Crippen molar-refractivity contribution in [3.05, 3.63) is 76.2 Å². The average Bonchev–Trinajstić information content (AvgIpc) is 3.39. The zero-order chi connectivity index (χ0) is 21.4. The van der Waals surface area contributed by atoms with Gasteiger partial charge in [-0.1, -0.05) is 48.5 Å². The molecule has 160 valence electrons. The predicted molar refractivity (Wildman–Crippen MR) is 128 cm³/mol. The largest absolute Gasteiger partial charge is 0.459 e. The lowest BCUT2D eigenvalue weighted by Crippen LogP contribution is -2.40. The van der Waals surface area contributed by atoms with E-state index in [1.807, 2.05) is 48.7 Å². The SMILES string of the molecule is S=C1N[C@H](c2ccccn2)[C@@H](c2ccc(-c3ccc(Cl)cc3Cl)o2)N1C1CCCCC1. The molecule has 1 N–H and O–H groups in total. The van der Waals surface area contributed by atoms with Crippen molar-refractivity contribution in [1.29, 1.82) is 0 Å². The molecule has 3 heterocycles. The first-order valence-electron chi connectivity index (χ1n) is 10.7. The smallest absolute Gasteiger partial charge is 0.170 e. The minimum absolute atomic E-state index is 0.0645. The molecule has 5 rings (SSSR count). The van der Waals surface area contributed by atoms with Gasteiger partial charge in [0.2, 0.25) is 0 Å². The Kier molecular flexibility index (Phi) is 5.91. The fraction of sp³-hybridized carbons (Fsp3) is 0.333. The summed E-state index contributed by atoms with van der Waals surface area (Å²) in [4.78, 5) is 6.96. The van der Waals surface area contributed by atoms with Gasteiger partial charge in [0.25, 0.3) is 0 Å². The van der Waals surface area contributed by atoms with Crippen LogP contribution in [0.2, 0.25) is 10.0 Å². The molecule has 1 aromatic carbocycles. The Morgan fingerprint density at radius 2 is 1.87 bits per heavy atom. The summed E-state index contributed by atoms with van der Waals surface area (Å²) in [7, 11) is 0. The van der Waals surface area contributed by atoms with Crippen LogP contribution in [-0.4, -0.2) is 21.0 Å². The predicted octanol–water partition coefficient (Wildman–Crippen LogP) is 6.95. The molecule has 1 aliphatic heterocycles. The molecule has 1 saturated heterocycles. The lowest BCUT2D eigenvalue weighted by Gasteiger charge is -2.36. The minimum Gasteiger partial charge on any atom is -0.459 e. The Hall–Kier alpha value is -2.08. The van der Waals surface area contributed by atoms with E-state index < -0.39 is 0 Å². The summed E-state index contributed by atoms with van der Waals surface area (Å²) < 4.78 is 6.40. The molecule has 0 amide bonds. The second-order valence-electron chi connectivity index (χ2n) is 8.15. The van der Waals surface area contributed by atoms with E-state index in [-0.39, 0.29) is 12.1 Å². The van der Waals surface area contributed by atoms with E-state index in [9.17, 15) is 0 Å². The van der Waals surface area contributed by atoms with Crippen LogP contribution in [0.5, 0.6) is 0 Å². The normalized spacial score (nSPS) is 22.0. The Bertz CT molecular complexity index is 1080. The topological polar surface area (TPSA) is 41.3 Å². The number of benzene rings is 1. The highest BCUT2D eigenvalue weighted by atomic mass is 35.5. The third kappa shape index (κ3) is 4.07. The average molecular weight is 472 g/mol. The lowest BCUT2D eigenvalue weighted by atomic mass is 9.92. The summed E-state index contributed by atoms with van der Waals surface area (Å²) in [5.41, 5.74) is 1.78. The highest BCUT2D eigenvalue weighted by Crippen LogP contribution is 2.44. The molecule has 0 spiro atoms. The zero-order valence-electron chi connectivity index (χ0n) is 16.9. The van der Waals surface area contributed by atoms with Crippen molar-refractivity contribution in [3.8, 4) is 11.3 Å². The van der Waals surface area contributed by atoms with E-state index in [0.29, 0.717) is 16.1 Å². The zero-order valence-corrected chi connectivity index (χ0v) is 19.3. The number of aromatic nitrogens is 1. The second kappa shape index (κ2) is 8.81. The number of pyridine rings is 1. The summed E-state index contributed by atoms with van der Waals surface area (Å²) in [5.74, 6) is 1.58. The molecule has 0 bridgehead atoms. The molecule has 7 heteroatoms. The molecule has 31 heavy (non-hydrogen) atoms. The number of nitrogens with zero attached hydrogens (tertiary/aromatic N) is 2. The highest BCUT2D eigenvalue weighted by Gasteiger charge is 2.44. The van der Waals surface area contributed by atoms with Crippen LogP contribution >= 0.6 is 35.4 Å². The van der Waals surface area contributed by atoms with Gasteiger partial charge >= 0.3 is 0 Å². The monoisotopic (exact) mass is 471 g/mol. The number of hydrogen-bond donors (Lipinski definition) is 1. The van der Waals surface area contributed by atoms with Crippen LogP contribution in [0, 0.1) is 0 Å². The number of thiocarbonyl (C=S) groups is 1. The first kappa shape index (κ1) is 20.8. The van der Waals surface area contributed by atoms with E-state index in [1.165, 1.54) is 19.3 Å². The Morgan fingerprint density at radius 1 is 1.03 bits per heavy atom. The molecular formula is C24H23Cl2N3OS. The van der Waals surface area contributed by atoms with Gasteiger partial charge < -0.3 is 14.6 Å². The van der Waals surface area contributed by atoms with Gasteiger partial charge in [0.1, 0.15) is 17.6 Å². The van der Waals surface area contributed by atoms with Gasteiger partial charge in [-0.05, 0) is 67.5 Å². The van der Waals surface area contributed by atoms with E-state index in [0.717, 1.165) is 40.7 Å². The van der Waals surface area contributed by atoms with Gasteiger partial charge in [0, 0.05) is 22.8 Å². The quantitative estimate of drug-likeness (QED) is 0.416. The van der Waals surface area contributed by atoms with Crippen LogP contribution in [0.1, 0.15) is 55.6 Å². The highest BCUT2D eigenvalue weighted by molar-refractivity contribution is 7.80. The molecule has 0 radical (unpaired) electrons. The molecular weight excluding hydrogens is 449 g/mol. The summed E-state index contributed by atoms with van der Waals surface area (Å²) in [5, 5.41) is 5.47. The minimum atomic E-state index is -0.0738. The third-order valence-electron chi connectivity index (χ3n) is 6.22. The molecule has 2 fully saturated rings. The van der Waals surface area contributed by atoms with Crippen molar-refractivity contribution < 1.29 is 4.42 Å². The van der Waals surface area contributed by atoms with E-state index in [1.54, 1.807) is 6.07 Å². The molecule has 0 unspecified atom stereocenters. The Morgan fingerprint density at radius 3 is 2.61 bits per heavy atom. The number of nitrogens with one attached hydrogen (secondary N) is 1. The standard InChI is InChI=1S/C24H23Cl2N3OS/c25-15-9-10-17(18(26)14-15)20-11-12-21(30-20)23-22(19-8-4-5-13-27-19)28-24(31)29(23)16-6-2-1-3-7-16/h4-5,8-14,16,22-23H,1-3,6-7H2,(H,28,31)/t22-,23-/m1/s1. The van der Waals surface area contributed by atoms with Gasteiger partial charge in [-0.25, -0.2) is 0 Å². The van der Waals surface area contributed by atoms with Crippen LogP contribution in [0.3, 0.4) is 0 Å². The van der Waals surface area contributed by atoms with Crippen molar-refractivity contribution in [2.24, 2.45) is 0 Å². The maximum absolute atomic E-state index is 6.43. The molecule has 2 aliphatic rings. The second-order valence-corrected chi connectivity index (χ2v) is 9.38. The fourth-order valence-corrected chi connectivity index (χ4v) is 5.66. The number of halogens is 2. The maximum atomic E-state index is 6.43.